The van der Waals surface area contributed by atoms with Gasteiger partial charge in [0.2, 0.25) is 5.91 Å². The maximum absolute atomic E-state index is 13.4. The van der Waals surface area contributed by atoms with Crippen LogP contribution in [0.5, 0.6) is 0 Å². The van der Waals surface area contributed by atoms with E-state index in [1.807, 2.05) is 42.0 Å². The van der Waals surface area contributed by atoms with Crippen LogP contribution >= 0.6 is 11.6 Å². The van der Waals surface area contributed by atoms with Gasteiger partial charge in [0.25, 0.3) is 10.0 Å². The van der Waals surface area contributed by atoms with Crippen LogP contribution in [0.3, 0.4) is 0 Å². The molecule has 7 nitrogen and oxygen atoms in total. The average molecular weight is 495 g/mol. The van der Waals surface area contributed by atoms with Gasteiger partial charge in [-0.3, -0.25) is 9.10 Å². The molecule has 1 heterocycles. The molecule has 0 aliphatic heterocycles. The van der Waals surface area contributed by atoms with E-state index in [9.17, 15) is 13.2 Å². The second kappa shape index (κ2) is 10.1. The molecule has 0 bridgehead atoms. The zero-order chi connectivity index (χ0) is 24.1. The third-order valence-corrected chi connectivity index (χ3v) is 7.28. The number of imidazole rings is 1. The third-order valence-electron chi connectivity index (χ3n) is 5.24. The standard InChI is InChI=1S/C25H23ClN4O3S/c1-19-2-12-24(13-3-19)34(32,33)30(23-10-6-21(26)7-11-23)17-25(31)28-16-20-4-8-22(9-5-20)29-15-14-27-18-29/h2-15,18H,16-17H2,1H3,(H,28,31). The van der Waals surface area contributed by atoms with E-state index in [1.165, 1.54) is 12.1 Å². The van der Waals surface area contributed by atoms with Gasteiger partial charge in [-0.1, -0.05) is 41.4 Å². The molecule has 3 aromatic carbocycles. The molecule has 0 unspecified atom stereocenters. The lowest BCUT2D eigenvalue weighted by atomic mass is 10.2. The van der Waals surface area contributed by atoms with Crippen LogP contribution < -0.4 is 9.62 Å². The summed E-state index contributed by atoms with van der Waals surface area (Å²) in [5.41, 5.74) is 3.13. The Hall–Kier alpha value is -3.62. The van der Waals surface area contributed by atoms with Crippen molar-refractivity contribution in [2.75, 3.05) is 10.8 Å². The Bertz CT molecular complexity index is 1350. The SMILES string of the molecule is Cc1ccc(S(=O)(=O)N(CC(=O)NCc2ccc(-n3ccnc3)cc2)c2ccc(Cl)cc2)cc1. The molecule has 0 saturated heterocycles. The molecule has 0 fully saturated rings. The molecule has 0 spiro atoms. The molecule has 4 rings (SSSR count). The summed E-state index contributed by atoms with van der Waals surface area (Å²) < 4.78 is 29.8. The minimum Gasteiger partial charge on any atom is -0.350 e. The number of benzene rings is 3. The lowest BCUT2D eigenvalue weighted by Crippen LogP contribution is -2.40. The summed E-state index contributed by atoms with van der Waals surface area (Å²) in [6.07, 6.45) is 5.25. The highest BCUT2D eigenvalue weighted by molar-refractivity contribution is 7.92. The fourth-order valence-electron chi connectivity index (χ4n) is 3.34. The van der Waals surface area contributed by atoms with E-state index in [0.717, 1.165) is 21.1 Å². The normalized spacial score (nSPS) is 11.2. The Kier molecular flexibility index (Phi) is 7.00. The molecule has 0 aliphatic carbocycles. The van der Waals surface area contributed by atoms with Crippen LogP contribution in [-0.2, 0) is 21.4 Å². The maximum Gasteiger partial charge on any atom is 0.264 e. The third kappa shape index (κ3) is 5.47. The smallest absolute Gasteiger partial charge is 0.264 e. The number of halogens is 1. The zero-order valence-corrected chi connectivity index (χ0v) is 20.0. The number of carbonyl (C=O) groups excluding carboxylic acids is 1. The second-order valence-electron chi connectivity index (χ2n) is 7.71. The van der Waals surface area contributed by atoms with Gasteiger partial charge < -0.3 is 9.88 Å². The van der Waals surface area contributed by atoms with Crippen LogP contribution in [0.2, 0.25) is 5.02 Å². The van der Waals surface area contributed by atoms with Crippen molar-refractivity contribution in [1.29, 1.82) is 0 Å². The molecular weight excluding hydrogens is 472 g/mol. The topological polar surface area (TPSA) is 84.3 Å². The van der Waals surface area contributed by atoms with Crippen LogP contribution in [0.25, 0.3) is 5.69 Å². The molecule has 1 amide bonds. The van der Waals surface area contributed by atoms with Crippen LogP contribution in [0.4, 0.5) is 5.69 Å². The van der Waals surface area contributed by atoms with E-state index < -0.39 is 15.9 Å². The van der Waals surface area contributed by atoms with Crippen LogP contribution in [0.1, 0.15) is 11.1 Å². The van der Waals surface area contributed by atoms with Crippen LogP contribution in [0, 0.1) is 6.92 Å². The first kappa shape index (κ1) is 23.5. The maximum atomic E-state index is 13.4. The van der Waals surface area contributed by atoms with Gasteiger partial charge in [0.1, 0.15) is 6.54 Å². The number of aryl methyl sites for hydroxylation is 1. The predicted octanol–water partition coefficient (Wildman–Crippen LogP) is 4.35. The van der Waals surface area contributed by atoms with E-state index >= 15 is 0 Å². The van der Waals surface area contributed by atoms with Crippen molar-refractivity contribution in [3.05, 3.63) is 108 Å². The van der Waals surface area contributed by atoms with E-state index in [-0.39, 0.29) is 18.0 Å². The second-order valence-corrected chi connectivity index (χ2v) is 10.0. The van der Waals surface area contributed by atoms with Crippen LogP contribution in [-0.4, -0.2) is 30.4 Å². The van der Waals surface area contributed by atoms with Gasteiger partial charge in [-0.2, -0.15) is 0 Å². The molecule has 34 heavy (non-hydrogen) atoms. The molecular formula is C25H23ClN4O3S. The highest BCUT2D eigenvalue weighted by atomic mass is 35.5. The molecule has 174 valence electrons. The molecule has 9 heteroatoms. The van der Waals surface area contributed by atoms with E-state index in [2.05, 4.69) is 10.3 Å². The first-order chi connectivity index (χ1) is 16.3. The van der Waals surface area contributed by atoms with Gasteiger partial charge in [0.15, 0.2) is 0 Å². The summed E-state index contributed by atoms with van der Waals surface area (Å²) in [5.74, 6) is -0.427. The minimum absolute atomic E-state index is 0.107. The van der Waals surface area contributed by atoms with Crippen molar-refractivity contribution in [2.24, 2.45) is 0 Å². The first-order valence-electron chi connectivity index (χ1n) is 10.5. The van der Waals surface area contributed by atoms with Crippen molar-refractivity contribution in [1.82, 2.24) is 14.9 Å². The van der Waals surface area contributed by atoms with E-state index in [1.54, 1.807) is 48.9 Å². The highest BCUT2D eigenvalue weighted by Gasteiger charge is 2.27. The summed E-state index contributed by atoms with van der Waals surface area (Å²) in [6.45, 7) is 1.77. The Balaban J connectivity index is 1.50. The number of sulfonamides is 1. The summed E-state index contributed by atoms with van der Waals surface area (Å²) in [7, 11) is -3.97. The van der Waals surface area contributed by atoms with Gasteiger partial charge in [-0.25, -0.2) is 13.4 Å². The number of carbonyl (C=O) groups is 1. The quantitative estimate of drug-likeness (QED) is 0.395. The molecule has 0 saturated carbocycles. The number of hydrogen-bond acceptors (Lipinski definition) is 4. The Morgan fingerprint density at radius 1 is 1.00 bits per heavy atom. The monoisotopic (exact) mass is 494 g/mol. The Morgan fingerprint density at radius 2 is 1.68 bits per heavy atom. The number of anilines is 1. The van der Waals surface area contributed by atoms with E-state index in [0.29, 0.717) is 10.7 Å². The molecule has 4 aromatic rings. The largest absolute Gasteiger partial charge is 0.350 e. The Labute approximate surface area is 203 Å². The number of amides is 1. The fourth-order valence-corrected chi connectivity index (χ4v) is 4.89. The Morgan fingerprint density at radius 3 is 2.29 bits per heavy atom. The van der Waals surface area contributed by atoms with Gasteiger partial charge in [0.05, 0.1) is 16.9 Å². The summed E-state index contributed by atoms with van der Waals surface area (Å²) in [5, 5.41) is 3.28. The van der Waals surface area contributed by atoms with Crippen molar-refractivity contribution in [3.8, 4) is 5.69 Å². The minimum atomic E-state index is -3.97. The zero-order valence-electron chi connectivity index (χ0n) is 18.4. The number of rotatable bonds is 8. The molecule has 1 N–H and O–H groups in total. The van der Waals surface area contributed by atoms with Crippen LogP contribution in [0.15, 0.2) is 96.4 Å². The average Bonchev–Trinajstić information content (AvgIpc) is 3.37. The fraction of sp³-hybridized carbons (Fsp3) is 0.120. The number of nitrogens with one attached hydrogen (secondary N) is 1. The highest BCUT2D eigenvalue weighted by Crippen LogP contribution is 2.25. The summed E-state index contributed by atoms with van der Waals surface area (Å²) in [6, 6.07) is 20.5. The molecule has 0 aliphatic rings. The number of hydrogen-bond donors (Lipinski definition) is 1. The lowest BCUT2D eigenvalue weighted by molar-refractivity contribution is -0.119. The summed E-state index contributed by atoms with van der Waals surface area (Å²) >= 11 is 5.98. The number of nitrogens with zero attached hydrogens (tertiary/aromatic N) is 3. The number of aromatic nitrogens is 2. The first-order valence-corrected chi connectivity index (χ1v) is 12.3. The summed E-state index contributed by atoms with van der Waals surface area (Å²) in [4.78, 5) is 16.9. The predicted molar refractivity (Wildman–Crippen MR) is 133 cm³/mol. The molecule has 0 atom stereocenters. The molecule has 0 radical (unpaired) electrons. The van der Waals surface area contributed by atoms with Gasteiger partial charge in [0, 0.05) is 29.6 Å². The van der Waals surface area contributed by atoms with Gasteiger partial charge in [-0.15, -0.1) is 0 Å². The molecule has 1 aromatic heterocycles. The van der Waals surface area contributed by atoms with Crippen molar-refractivity contribution in [2.45, 2.75) is 18.4 Å². The van der Waals surface area contributed by atoms with Crippen molar-refractivity contribution >= 4 is 33.2 Å². The van der Waals surface area contributed by atoms with Crippen molar-refractivity contribution < 1.29 is 13.2 Å². The lowest BCUT2D eigenvalue weighted by Gasteiger charge is -2.24. The van der Waals surface area contributed by atoms with E-state index in [4.69, 9.17) is 11.6 Å². The van der Waals surface area contributed by atoms with Gasteiger partial charge >= 0.3 is 0 Å². The van der Waals surface area contributed by atoms with Gasteiger partial charge in [-0.05, 0) is 61.0 Å². The van der Waals surface area contributed by atoms with Crippen molar-refractivity contribution in [3.63, 3.8) is 0 Å².